The van der Waals surface area contributed by atoms with Gasteiger partial charge in [-0.25, -0.2) is 0 Å². The highest BCUT2D eigenvalue weighted by Crippen LogP contribution is 2.27. The van der Waals surface area contributed by atoms with Gasteiger partial charge in [0.25, 0.3) is 0 Å². The first-order valence-corrected chi connectivity index (χ1v) is 7.18. The molecular weight excluding hydrogens is 262 g/mol. The monoisotopic (exact) mass is 285 g/mol. The molecule has 3 heteroatoms. The van der Waals surface area contributed by atoms with Gasteiger partial charge in [0.15, 0.2) is 0 Å². The zero-order valence-electron chi connectivity index (χ0n) is 13.2. The summed E-state index contributed by atoms with van der Waals surface area (Å²) in [6, 6.07) is 10.0. The number of nitrogens with zero attached hydrogens (tertiary/aromatic N) is 1. The average molecular weight is 285 g/mol. The molecule has 3 nitrogen and oxygen atoms in total. The number of ether oxygens (including phenoxy) is 1. The minimum Gasteiger partial charge on any atom is -0.496 e. The van der Waals surface area contributed by atoms with E-state index in [1.165, 1.54) is 0 Å². The van der Waals surface area contributed by atoms with E-state index < -0.39 is 5.60 Å². The second-order valence-electron chi connectivity index (χ2n) is 5.88. The van der Waals surface area contributed by atoms with Crippen molar-refractivity contribution in [3.8, 4) is 5.75 Å². The molecule has 0 aliphatic rings. The van der Waals surface area contributed by atoms with Crippen molar-refractivity contribution in [1.82, 2.24) is 4.98 Å². The molecule has 0 amide bonds. The van der Waals surface area contributed by atoms with E-state index in [2.05, 4.69) is 4.98 Å². The molecule has 21 heavy (non-hydrogen) atoms. The van der Waals surface area contributed by atoms with Crippen LogP contribution in [0, 0.1) is 13.8 Å². The van der Waals surface area contributed by atoms with E-state index in [1.54, 1.807) is 13.3 Å². The molecule has 1 aromatic heterocycles. The van der Waals surface area contributed by atoms with Crippen LogP contribution in [0.2, 0.25) is 0 Å². The fourth-order valence-corrected chi connectivity index (χ4v) is 2.71. The topological polar surface area (TPSA) is 42.4 Å². The van der Waals surface area contributed by atoms with Gasteiger partial charge in [-0.05, 0) is 26.3 Å². The van der Waals surface area contributed by atoms with E-state index in [1.807, 2.05) is 51.1 Å². The van der Waals surface area contributed by atoms with Crippen LogP contribution in [0.25, 0.3) is 0 Å². The molecule has 0 fully saturated rings. The molecule has 1 atom stereocenters. The van der Waals surface area contributed by atoms with Gasteiger partial charge in [0.05, 0.1) is 12.7 Å². The van der Waals surface area contributed by atoms with E-state index >= 15 is 0 Å². The second-order valence-corrected chi connectivity index (χ2v) is 5.88. The molecule has 2 rings (SSSR count). The van der Waals surface area contributed by atoms with Crippen molar-refractivity contribution >= 4 is 0 Å². The maximum atomic E-state index is 10.7. The van der Waals surface area contributed by atoms with Crippen molar-refractivity contribution in [3.63, 3.8) is 0 Å². The molecule has 0 bridgehead atoms. The summed E-state index contributed by atoms with van der Waals surface area (Å²) in [5.74, 6) is 0.857. The van der Waals surface area contributed by atoms with E-state index in [0.717, 1.165) is 28.1 Å². The summed E-state index contributed by atoms with van der Waals surface area (Å²) in [6.07, 6.45) is 2.91. The summed E-state index contributed by atoms with van der Waals surface area (Å²) in [6.45, 7) is 5.82. The van der Waals surface area contributed by atoms with Crippen LogP contribution in [0.4, 0.5) is 0 Å². The molecule has 1 heterocycles. The van der Waals surface area contributed by atoms with Crippen LogP contribution in [0.3, 0.4) is 0 Å². The van der Waals surface area contributed by atoms with Crippen molar-refractivity contribution in [2.24, 2.45) is 0 Å². The summed E-state index contributed by atoms with van der Waals surface area (Å²) in [5.41, 5.74) is 3.20. The number of methoxy groups -OCH3 is 1. The molecule has 0 radical (unpaired) electrons. The van der Waals surface area contributed by atoms with Crippen LogP contribution in [-0.2, 0) is 12.8 Å². The fraction of sp³-hybridized carbons (Fsp3) is 0.389. The first-order valence-electron chi connectivity index (χ1n) is 7.18. The molecule has 0 aliphatic heterocycles. The molecule has 1 unspecified atom stereocenters. The summed E-state index contributed by atoms with van der Waals surface area (Å²) in [5, 5.41) is 10.7. The first-order chi connectivity index (χ1) is 9.93. The van der Waals surface area contributed by atoms with Gasteiger partial charge >= 0.3 is 0 Å². The van der Waals surface area contributed by atoms with E-state index in [-0.39, 0.29) is 0 Å². The van der Waals surface area contributed by atoms with Crippen LogP contribution in [0.1, 0.15) is 29.3 Å². The standard InChI is InChI=1S/C18H23NO2/c1-13-12-19-16(14(2)17(13)21-4)11-18(3,20)10-15-8-6-5-7-9-15/h5-9,12,20H,10-11H2,1-4H3. The molecule has 2 aromatic rings. The minimum absolute atomic E-state index is 0.504. The maximum Gasteiger partial charge on any atom is 0.128 e. The van der Waals surface area contributed by atoms with Gasteiger partial charge in [-0.2, -0.15) is 0 Å². The highest BCUT2D eigenvalue weighted by molar-refractivity contribution is 5.41. The van der Waals surface area contributed by atoms with E-state index in [9.17, 15) is 5.11 Å². The zero-order valence-corrected chi connectivity index (χ0v) is 13.2. The van der Waals surface area contributed by atoms with Crippen LogP contribution >= 0.6 is 0 Å². The number of benzene rings is 1. The van der Waals surface area contributed by atoms with Gasteiger partial charge in [-0.3, -0.25) is 4.98 Å². The van der Waals surface area contributed by atoms with E-state index in [0.29, 0.717) is 12.8 Å². The molecule has 0 spiro atoms. The van der Waals surface area contributed by atoms with Crippen molar-refractivity contribution in [3.05, 3.63) is 58.9 Å². The van der Waals surface area contributed by atoms with Gasteiger partial charge in [0, 0.05) is 35.9 Å². The van der Waals surface area contributed by atoms with Crippen LogP contribution in [-0.4, -0.2) is 22.8 Å². The Morgan fingerprint density at radius 3 is 2.43 bits per heavy atom. The number of pyridine rings is 1. The van der Waals surface area contributed by atoms with Crippen molar-refractivity contribution in [2.75, 3.05) is 7.11 Å². The lowest BCUT2D eigenvalue weighted by atomic mass is 9.90. The lowest BCUT2D eigenvalue weighted by Crippen LogP contribution is -2.31. The Kier molecular flexibility index (Phi) is 4.63. The lowest BCUT2D eigenvalue weighted by molar-refractivity contribution is 0.0596. The Hall–Kier alpha value is -1.87. The predicted molar refractivity (Wildman–Crippen MR) is 84.7 cm³/mol. The Balaban J connectivity index is 2.20. The number of hydrogen-bond acceptors (Lipinski definition) is 3. The minimum atomic E-state index is -0.834. The molecule has 112 valence electrons. The Morgan fingerprint density at radius 2 is 1.81 bits per heavy atom. The highest BCUT2D eigenvalue weighted by Gasteiger charge is 2.24. The zero-order chi connectivity index (χ0) is 15.5. The van der Waals surface area contributed by atoms with Gasteiger partial charge in [-0.1, -0.05) is 30.3 Å². The molecule has 0 aliphatic carbocycles. The number of aliphatic hydroxyl groups is 1. The van der Waals surface area contributed by atoms with Crippen molar-refractivity contribution in [2.45, 2.75) is 39.2 Å². The Morgan fingerprint density at radius 1 is 1.14 bits per heavy atom. The summed E-state index contributed by atoms with van der Waals surface area (Å²) >= 11 is 0. The highest BCUT2D eigenvalue weighted by atomic mass is 16.5. The quantitative estimate of drug-likeness (QED) is 0.917. The van der Waals surface area contributed by atoms with Crippen LogP contribution < -0.4 is 4.74 Å². The number of aromatic nitrogens is 1. The number of hydrogen-bond donors (Lipinski definition) is 1. The predicted octanol–water partition coefficient (Wildman–Crippen LogP) is 3.24. The molecule has 0 saturated heterocycles. The maximum absolute atomic E-state index is 10.7. The van der Waals surface area contributed by atoms with Crippen LogP contribution in [0.5, 0.6) is 5.75 Å². The van der Waals surface area contributed by atoms with Gasteiger partial charge < -0.3 is 9.84 Å². The molecule has 1 aromatic carbocycles. The fourth-order valence-electron chi connectivity index (χ4n) is 2.71. The summed E-state index contributed by atoms with van der Waals surface area (Å²) in [4.78, 5) is 4.47. The largest absolute Gasteiger partial charge is 0.496 e. The second kappa shape index (κ2) is 6.27. The third-order valence-corrected chi connectivity index (χ3v) is 3.73. The third kappa shape index (κ3) is 3.82. The molecule has 0 saturated carbocycles. The van der Waals surface area contributed by atoms with Crippen molar-refractivity contribution < 1.29 is 9.84 Å². The lowest BCUT2D eigenvalue weighted by Gasteiger charge is -2.24. The first kappa shape index (κ1) is 15.5. The smallest absolute Gasteiger partial charge is 0.128 e. The number of rotatable bonds is 5. The van der Waals surface area contributed by atoms with Gasteiger partial charge in [0.1, 0.15) is 5.75 Å². The van der Waals surface area contributed by atoms with E-state index in [4.69, 9.17) is 4.74 Å². The van der Waals surface area contributed by atoms with Crippen molar-refractivity contribution in [1.29, 1.82) is 0 Å². The number of aryl methyl sites for hydroxylation is 1. The average Bonchev–Trinajstić information content (AvgIpc) is 2.43. The normalized spacial score (nSPS) is 13.8. The summed E-state index contributed by atoms with van der Waals surface area (Å²) in [7, 11) is 1.67. The SMILES string of the molecule is COc1c(C)cnc(CC(C)(O)Cc2ccccc2)c1C. The third-order valence-electron chi connectivity index (χ3n) is 3.73. The van der Waals surface area contributed by atoms with Gasteiger partial charge in [0.2, 0.25) is 0 Å². The van der Waals surface area contributed by atoms with Crippen LogP contribution in [0.15, 0.2) is 36.5 Å². The van der Waals surface area contributed by atoms with Gasteiger partial charge in [-0.15, -0.1) is 0 Å². The Bertz CT molecular complexity index is 606. The summed E-state index contributed by atoms with van der Waals surface area (Å²) < 4.78 is 5.43. The molecular formula is C18H23NO2. The Labute approximate surface area is 126 Å². The molecule has 1 N–H and O–H groups in total.